The number of nitrogens with zero attached hydrogens (tertiary/aromatic N) is 4. The van der Waals surface area contributed by atoms with Gasteiger partial charge in [0.25, 0.3) is 0 Å². The van der Waals surface area contributed by atoms with Gasteiger partial charge >= 0.3 is 0 Å². The van der Waals surface area contributed by atoms with Gasteiger partial charge in [0.2, 0.25) is 11.8 Å². The predicted molar refractivity (Wildman–Crippen MR) is 93.9 cm³/mol. The first kappa shape index (κ1) is 15.0. The predicted octanol–water partition coefficient (Wildman–Crippen LogP) is 3.91. The Balaban J connectivity index is 1.64. The second-order valence-electron chi connectivity index (χ2n) is 5.02. The molecule has 3 heterocycles. The molecule has 0 radical (unpaired) electrons. The van der Waals surface area contributed by atoms with Crippen molar-refractivity contribution in [3.8, 4) is 11.6 Å². The Morgan fingerprint density at radius 1 is 1.17 bits per heavy atom. The van der Waals surface area contributed by atoms with Crippen molar-refractivity contribution in [2.75, 3.05) is 5.73 Å². The molecule has 0 amide bonds. The largest absolute Gasteiger partial charge is 0.461 e. The first-order valence-electron chi connectivity index (χ1n) is 7.14. The maximum absolute atomic E-state index is 6.18. The van der Waals surface area contributed by atoms with Crippen molar-refractivity contribution in [1.29, 1.82) is 0 Å². The van der Waals surface area contributed by atoms with Crippen LogP contribution in [0.5, 0.6) is 0 Å². The first-order valence-corrected chi connectivity index (χ1v) is 8.50. The minimum absolute atomic E-state index is 0.277. The Kier molecular flexibility index (Phi) is 3.87. The van der Waals surface area contributed by atoms with Crippen LogP contribution in [0.25, 0.3) is 17.2 Å². The molecule has 1 aromatic carbocycles. The summed E-state index contributed by atoms with van der Waals surface area (Å²) >= 11 is 7.73. The van der Waals surface area contributed by atoms with Crippen molar-refractivity contribution >= 4 is 35.0 Å². The Bertz CT molecular complexity index is 999. The van der Waals surface area contributed by atoms with E-state index >= 15 is 0 Å². The van der Waals surface area contributed by atoms with Crippen molar-refractivity contribution in [2.45, 2.75) is 10.8 Å². The van der Waals surface area contributed by atoms with Crippen LogP contribution in [0.15, 0.2) is 58.2 Å². The van der Waals surface area contributed by atoms with E-state index in [-0.39, 0.29) is 5.95 Å². The van der Waals surface area contributed by atoms with Gasteiger partial charge in [0.15, 0.2) is 11.4 Å². The molecular formula is C16H12ClN5OS. The molecule has 4 aromatic rings. The Morgan fingerprint density at radius 2 is 2.04 bits per heavy atom. The van der Waals surface area contributed by atoms with Gasteiger partial charge in [0.05, 0.1) is 6.26 Å². The zero-order chi connectivity index (χ0) is 16.5. The number of rotatable bonds is 4. The number of fused-ring (bicyclic) bond motifs is 1. The molecule has 3 aromatic heterocycles. The minimum atomic E-state index is 0.277. The average Bonchev–Trinajstić information content (AvgIpc) is 3.23. The van der Waals surface area contributed by atoms with E-state index in [1.165, 1.54) is 4.52 Å². The fourth-order valence-corrected chi connectivity index (χ4v) is 3.42. The van der Waals surface area contributed by atoms with Crippen LogP contribution in [0.2, 0.25) is 5.02 Å². The smallest absolute Gasteiger partial charge is 0.224 e. The quantitative estimate of drug-likeness (QED) is 0.440. The van der Waals surface area contributed by atoms with E-state index in [2.05, 4.69) is 15.1 Å². The van der Waals surface area contributed by atoms with Crippen LogP contribution in [0.3, 0.4) is 0 Å². The summed E-state index contributed by atoms with van der Waals surface area (Å²) < 4.78 is 6.82. The van der Waals surface area contributed by atoms with Gasteiger partial charge in [-0.2, -0.15) is 4.52 Å². The van der Waals surface area contributed by atoms with Gasteiger partial charge in [-0.15, -0.1) is 16.9 Å². The van der Waals surface area contributed by atoms with E-state index in [9.17, 15) is 0 Å². The van der Waals surface area contributed by atoms with Crippen LogP contribution in [0.4, 0.5) is 5.95 Å². The van der Waals surface area contributed by atoms with Gasteiger partial charge in [-0.3, -0.25) is 0 Å². The normalized spacial score (nSPS) is 11.2. The minimum Gasteiger partial charge on any atom is -0.461 e. The van der Waals surface area contributed by atoms with Crippen molar-refractivity contribution in [2.24, 2.45) is 0 Å². The van der Waals surface area contributed by atoms with Crippen LogP contribution < -0.4 is 5.73 Å². The van der Waals surface area contributed by atoms with Gasteiger partial charge in [-0.25, -0.2) is 9.97 Å². The van der Waals surface area contributed by atoms with E-state index in [1.54, 1.807) is 30.2 Å². The molecule has 0 aliphatic rings. The molecule has 0 atom stereocenters. The van der Waals surface area contributed by atoms with Crippen LogP contribution in [-0.2, 0) is 5.75 Å². The van der Waals surface area contributed by atoms with Crippen molar-refractivity contribution < 1.29 is 4.42 Å². The Morgan fingerprint density at radius 3 is 2.83 bits per heavy atom. The number of thioether (sulfide) groups is 1. The SMILES string of the molecule is Nc1nc(SCc2ccccc2Cl)cc2nc(-c3ccco3)nn12. The fourth-order valence-electron chi connectivity index (χ4n) is 2.24. The van der Waals surface area contributed by atoms with Crippen LogP contribution in [0, 0.1) is 0 Å². The lowest BCUT2D eigenvalue weighted by molar-refractivity contribution is 0.577. The zero-order valence-corrected chi connectivity index (χ0v) is 14.0. The molecule has 8 heteroatoms. The summed E-state index contributed by atoms with van der Waals surface area (Å²) in [6.07, 6.45) is 1.58. The molecule has 2 N–H and O–H groups in total. The highest BCUT2D eigenvalue weighted by atomic mass is 35.5. The first-order chi connectivity index (χ1) is 11.7. The molecular weight excluding hydrogens is 346 g/mol. The lowest BCUT2D eigenvalue weighted by Crippen LogP contribution is -2.02. The standard InChI is InChI=1S/C16H12ClN5OS/c17-11-5-2-1-4-10(11)9-24-14-8-13-19-15(12-6-3-7-23-12)21-22(13)16(18)20-14/h1-8H,9H2,(H2,18,20). The topological polar surface area (TPSA) is 82.2 Å². The van der Waals surface area contributed by atoms with Crippen LogP contribution >= 0.6 is 23.4 Å². The Labute approximate surface area is 146 Å². The number of nitrogens with two attached hydrogens (primary N) is 1. The molecule has 4 rings (SSSR count). The van der Waals surface area contributed by atoms with E-state index in [0.717, 1.165) is 15.6 Å². The highest BCUT2D eigenvalue weighted by Gasteiger charge is 2.13. The maximum Gasteiger partial charge on any atom is 0.224 e. The molecule has 0 aliphatic carbocycles. The highest BCUT2D eigenvalue weighted by molar-refractivity contribution is 7.98. The molecule has 0 saturated heterocycles. The number of hydrogen-bond acceptors (Lipinski definition) is 6. The lowest BCUT2D eigenvalue weighted by Gasteiger charge is -2.05. The monoisotopic (exact) mass is 357 g/mol. The molecule has 0 spiro atoms. The van der Waals surface area contributed by atoms with Gasteiger partial charge in [-0.1, -0.05) is 29.8 Å². The number of benzene rings is 1. The molecule has 6 nitrogen and oxygen atoms in total. The number of nitrogen functional groups attached to an aromatic ring is 1. The number of aromatic nitrogens is 4. The molecule has 120 valence electrons. The summed E-state index contributed by atoms with van der Waals surface area (Å²) in [4.78, 5) is 8.82. The van der Waals surface area contributed by atoms with Gasteiger partial charge in [0, 0.05) is 16.8 Å². The van der Waals surface area contributed by atoms with Gasteiger partial charge in [-0.05, 0) is 23.8 Å². The van der Waals surface area contributed by atoms with Crippen molar-refractivity contribution in [1.82, 2.24) is 19.6 Å². The molecule has 0 bridgehead atoms. The highest BCUT2D eigenvalue weighted by Crippen LogP contribution is 2.27. The summed E-state index contributed by atoms with van der Waals surface area (Å²) in [5, 5.41) is 5.82. The summed E-state index contributed by atoms with van der Waals surface area (Å²) in [5.41, 5.74) is 7.67. The lowest BCUT2D eigenvalue weighted by atomic mass is 10.2. The third-order valence-corrected chi connectivity index (χ3v) is 4.73. The van der Waals surface area contributed by atoms with Gasteiger partial charge < -0.3 is 10.2 Å². The summed E-state index contributed by atoms with van der Waals surface area (Å²) in [7, 11) is 0. The number of furan rings is 1. The summed E-state index contributed by atoms with van der Waals surface area (Å²) in [5.74, 6) is 2.03. The maximum atomic E-state index is 6.18. The summed E-state index contributed by atoms with van der Waals surface area (Å²) in [6.45, 7) is 0. The van der Waals surface area contributed by atoms with Crippen LogP contribution in [0.1, 0.15) is 5.56 Å². The van der Waals surface area contributed by atoms with Crippen LogP contribution in [-0.4, -0.2) is 19.6 Å². The number of halogens is 1. The number of hydrogen-bond donors (Lipinski definition) is 1. The molecule has 0 fully saturated rings. The van der Waals surface area contributed by atoms with Gasteiger partial charge in [0.1, 0.15) is 5.03 Å². The van der Waals surface area contributed by atoms with E-state index < -0.39 is 0 Å². The van der Waals surface area contributed by atoms with Crippen molar-refractivity contribution in [3.05, 3.63) is 59.3 Å². The third-order valence-electron chi connectivity index (χ3n) is 3.40. The molecule has 24 heavy (non-hydrogen) atoms. The second kappa shape index (κ2) is 6.18. The third kappa shape index (κ3) is 2.83. The second-order valence-corrected chi connectivity index (χ2v) is 6.42. The molecule has 0 unspecified atom stereocenters. The fraction of sp³-hybridized carbons (Fsp3) is 0.0625. The van der Waals surface area contributed by atoms with Crippen molar-refractivity contribution in [3.63, 3.8) is 0 Å². The van der Waals surface area contributed by atoms with E-state index in [1.807, 2.05) is 30.3 Å². The molecule has 0 aliphatic heterocycles. The zero-order valence-electron chi connectivity index (χ0n) is 12.4. The average molecular weight is 358 g/mol. The molecule has 0 saturated carbocycles. The number of anilines is 1. The summed E-state index contributed by atoms with van der Waals surface area (Å²) in [6, 6.07) is 13.2. The van der Waals surface area contributed by atoms with E-state index in [4.69, 9.17) is 21.8 Å². The van der Waals surface area contributed by atoms with E-state index in [0.29, 0.717) is 23.0 Å². The Hall–Kier alpha value is -2.51.